The number of hydrogen-bond acceptors (Lipinski definition) is 18. The zero-order valence-electron chi connectivity index (χ0n) is 47.6. The molecule has 84 heavy (non-hydrogen) atoms. The number of para-hydroxylation sites is 1. The van der Waals surface area contributed by atoms with Crippen LogP contribution in [0.15, 0.2) is 60.8 Å². The topological polar surface area (TPSA) is 418 Å². The summed E-state index contributed by atoms with van der Waals surface area (Å²) in [5, 5.41) is 94.4. The van der Waals surface area contributed by atoms with Crippen LogP contribution in [0.3, 0.4) is 0 Å². The van der Waals surface area contributed by atoms with Crippen LogP contribution in [0.1, 0.15) is 90.2 Å². The van der Waals surface area contributed by atoms with E-state index in [-0.39, 0.29) is 76.2 Å². The van der Waals surface area contributed by atoms with E-state index in [2.05, 4.69) is 47.5 Å². The quantitative estimate of drug-likeness (QED) is 0.0441. The minimum atomic E-state index is -1.85. The number of fused-ring (bicyclic) bond motifs is 1. The lowest BCUT2D eigenvalue weighted by molar-refractivity contribution is -0.343. The van der Waals surface area contributed by atoms with Crippen molar-refractivity contribution in [2.75, 3.05) is 26.3 Å². The lowest BCUT2D eigenvalue weighted by Gasteiger charge is -2.46. The van der Waals surface area contributed by atoms with E-state index in [4.69, 9.17) is 14.2 Å². The van der Waals surface area contributed by atoms with Crippen LogP contribution in [0.2, 0.25) is 0 Å². The van der Waals surface area contributed by atoms with E-state index in [9.17, 15) is 74.1 Å². The van der Waals surface area contributed by atoms with Crippen LogP contribution in [0.25, 0.3) is 10.9 Å². The number of aromatic amines is 1. The predicted molar refractivity (Wildman–Crippen MR) is 299 cm³/mol. The van der Waals surface area contributed by atoms with Crippen molar-refractivity contribution in [2.24, 2.45) is 11.8 Å². The van der Waals surface area contributed by atoms with E-state index < -0.39 is 159 Å². The summed E-state index contributed by atoms with van der Waals surface area (Å²) in [6.45, 7) is 5.37. The molecule has 3 aliphatic heterocycles. The number of nitrogens with one attached hydrogen (secondary N) is 9. The molecule has 464 valence electrons. The summed E-state index contributed by atoms with van der Waals surface area (Å²) >= 11 is 0. The Hall–Kier alpha value is -6.66. The first-order valence-corrected chi connectivity index (χ1v) is 28.6. The number of unbranched alkanes of at least 4 members (excludes halogenated alkanes) is 1. The number of carbonyl (C=O) groups is 8. The normalized spacial score (nSPS) is 29.6. The van der Waals surface area contributed by atoms with Crippen molar-refractivity contribution < 1.29 is 88.3 Å². The van der Waals surface area contributed by atoms with Crippen LogP contribution in [0.5, 0.6) is 0 Å². The van der Waals surface area contributed by atoms with Gasteiger partial charge in [-0.2, -0.15) is 0 Å². The molecule has 2 aromatic carbocycles. The van der Waals surface area contributed by atoms with Gasteiger partial charge in [-0.05, 0) is 67.6 Å². The highest BCUT2D eigenvalue weighted by atomic mass is 16.7. The molecule has 0 aliphatic carbocycles. The van der Waals surface area contributed by atoms with Gasteiger partial charge in [0.15, 0.2) is 12.5 Å². The van der Waals surface area contributed by atoms with Gasteiger partial charge in [-0.3, -0.25) is 38.4 Å². The number of rotatable bonds is 22. The van der Waals surface area contributed by atoms with Crippen molar-refractivity contribution in [1.29, 1.82) is 0 Å². The third-order valence-electron chi connectivity index (χ3n) is 14.8. The SMILES string of the molecule is CC(C)C[C@@H]1NC(=O)CNC(=O)[C@H](Cc2ccccc2)NC(=O)[C@H](Cc2c[nH]c3ccccc23)NC(=O)[C@H](CCCC(=O)NCCCCC(=O)N[C@@H]2O[C@H](CO)[C@@H](O[C@@H]3O[C@H](CO)[C@H](O)[C@H](O)[C@H]3O)[C@H](O)[C@H]2O)NC(=O)[C@@H](CC(C)C)NC1=O. The number of carbonyl (C=O) groups excluding carboxylic acids is 8. The van der Waals surface area contributed by atoms with Crippen LogP contribution in [-0.4, -0.2) is 206 Å². The molecule has 0 saturated carbocycles. The summed E-state index contributed by atoms with van der Waals surface area (Å²) in [7, 11) is 0. The third-order valence-corrected chi connectivity index (χ3v) is 14.8. The Bertz CT molecular complexity index is 2680. The van der Waals surface area contributed by atoms with E-state index >= 15 is 0 Å². The molecular formula is C57H83N9O18. The van der Waals surface area contributed by atoms with Crippen molar-refractivity contribution in [1.82, 2.24) is 47.5 Å². The average Bonchev–Trinajstić information content (AvgIpc) is 3.08. The fourth-order valence-corrected chi connectivity index (χ4v) is 10.2. The molecule has 0 bridgehead atoms. The maximum Gasteiger partial charge on any atom is 0.243 e. The number of amides is 8. The third kappa shape index (κ3) is 18.9. The minimum Gasteiger partial charge on any atom is -0.394 e. The Morgan fingerprint density at radius 1 is 0.607 bits per heavy atom. The van der Waals surface area contributed by atoms with Gasteiger partial charge >= 0.3 is 0 Å². The summed E-state index contributed by atoms with van der Waals surface area (Å²) in [6.07, 6.45) is -14.5. The van der Waals surface area contributed by atoms with Crippen molar-refractivity contribution in [3.8, 4) is 0 Å². The lowest BCUT2D eigenvalue weighted by atomic mass is 9.96. The molecule has 3 aliphatic rings. The molecule has 3 fully saturated rings. The maximum atomic E-state index is 14.7. The van der Waals surface area contributed by atoms with Crippen molar-refractivity contribution in [3.05, 3.63) is 71.9 Å². The smallest absolute Gasteiger partial charge is 0.243 e. The molecule has 15 atom stereocenters. The highest BCUT2D eigenvalue weighted by molar-refractivity contribution is 5.98. The van der Waals surface area contributed by atoms with Crippen LogP contribution in [-0.2, 0) is 65.4 Å². The molecule has 1 aromatic heterocycles. The highest BCUT2D eigenvalue weighted by Gasteiger charge is 2.51. The molecule has 0 spiro atoms. The fourth-order valence-electron chi connectivity index (χ4n) is 10.2. The number of aliphatic hydroxyl groups excluding tert-OH is 7. The van der Waals surface area contributed by atoms with Crippen LogP contribution < -0.4 is 42.5 Å². The summed E-state index contributed by atoms with van der Waals surface area (Å²) < 4.78 is 16.5. The minimum absolute atomic E-state index is 0.00117. The Balaban J connectivity index is 1.11. The van der Waals surface area contributed by atoms with Crippen molar-refractivity contribution in [3.63, 3.8) is 0 Å². The molecule has 27 heteroatoms. The second kappa shape index (κ2) is 32.0. The zero-order chi connectivity index (χ0) is 61.2. The number of hydrogen-bond donors (Lipinski definition) is 16. The Morgan fingerprint density at radius 2 is 1.19 bits per heavy atom. The predicted octanol–water partition coefficient (Wildman–Crippen LogP) is -3.20. The first-order chi connectivity index (χ1) is 40.1. The van der Waals surface area contributed by atoms with Gasteiger partial charge in [0.05, 0.1) is 19.8 Å². The summed E-state index contributed by atoms with van der Waals surface area (Å²) in [5.74, 6) is -5.62. The molecule has 3 aromatic rings. The largest absolute Gasteiger partial charge is 0.394 e. The van der Waals surface area contributed by atoms with Gasteiger partial charge in [0.25, 0.3) is 0 Å². The lowest BCUT2D eigenvalue weighted by Crippen LogP contribution is -2.66. The molecule has 16 N–H and O–H groups in total. The second-order valence-corrected chi connectivity index (χ2v) is 22.4. The summed E-state index contributed by atoms with van der Waals surface area (Å²) in [5.41, 5.74) is 2.09. The molecule has 8 amide bonds. The Kier molecular flexibility index (Phi) is 25.3. The van der Waals surface area contributed by atoms with E-state index in [0.717, 1.165) is 10.9 Å². The summed E-state index contributed by atoms with van der Waals surface area (Å²) in [6, 6.07) is 9.89. The Labute approximate surface area is 486 Å². The van der Waals surface area contributed by atoms with Gasteiger partial charge in [0.2, 0.25) is 47.3 Å². The van der Waals surface area contributed by atoms with Crippen molar-refractivity contribution >= 4 is 58.2 Å². The van der Waals surface area contributed by atoms with Gasteiger partial charge in [0.1, 0.15) is 79.0 Å². The zero-order valence-corrected chi connectivity index (χ0v) is 47.6. The highest BCUT2D eigenvalue weighted by Crippen LogP contribution is 2.29. The van der Waals surface area contributed by atoms with Gasteiger partial charge in [-0.15, -0.1) is 0 Å². The van der Waals surface area contributed by atoms with Crippen LogP contribution in [0.4, 0.5) is 0 Å². The fraction of sp³-hybridized carbons (Fsp3) is 0.614. The second-order valence-electron chi connectivity index (χ2n) is 22.4. The van der Waals surface area contributed by atoms with Gasteiger partial charge in [0, 0.05) is 49.3 Å². The van der Waals surface area contributed by atoms with Crippen molar-refractivity contribution in [2.45, 2.75) is 183 Å². The molecule has 27 nitrogen and oxygen atoms in total. The molecule has 0 radical (unpaired) electrons. The first kappa shape index (κ1) is 66.5. The molecular weight excluding hydrogens is 1100 g/mol. The molecule has 6 rings (SSSR count). The molecule has 0 unspecified atom stereocenters. The van der Waals surface area contributed by atoms with E-state index in [0.29, 0.717) is 17.5 Å². The van der Waals surface area contributed by atoms with Gasteiger partial charge in [-0.1, -0.05) is 76.2 Å². The average molecular weight is 1180 g/mol. The molecule has 3 saturated heterocycles. The van der Waals surface area contributed by atoms with E-state index in [1.54, 1.807) is 36.5 Å². The van der Waals surface area contributed by atoms with Gasteiger partial charge in [-0.25, -0.2) is 0 Å². The number of aliphatic hydroxyl groups is 7. The number of aromatic nitrogens is 1. The Morgan fingerprint density at radius 3 is 1.86 bits per heavy atom. The van der Waals surface area contributed by atoms with E-state index in [1.165, 1.54) is 0 Å². The maximum absolute atomic E-state index is 14.7. The van der Waals surface area contributed by atoms with E-state index in [1.807, 2.05) is 52.0 Å². The number of H-pyrrole nitrogens is 1. The monoisotopic (exact) mass is 1180 g/mol. The van der Waals surface area contributed by atoms with Crippen LogP contribution in [0, 0.1) is 11.8 Å². The van der Waals surface area contributed by atoms with Gasteiger partial charge < -0.3 is 97.5 Å². The first-order valence-electron chi connectivity index (χ1n) is 28.6. The summed E-state index contributed by atoms with van der Waals surface area (Å²) in [4.78, 5) is 115. The standard InChI is InChI=1S/C57H83N9O18/c1-29(2)21-36-53(79)63-37(22-30(3)4)54(80)62-35(52(78)65-39(24-32-25-59-34-16-9-8-15-33(32)34)55(81)64-38(23-31-13-6-5-7-14-31)51(77)60-26-44(71)61-36)17-12-19-42(69)58-20-11-10-18-43(70)66-56-48(75)47(74)50(41(28-68)82-56)84-57-49(76)46(73)45(72)40(27-67)83-57/h5-9,13-16,25,29-30,35-41,45-50,56-57,59,67-68,72-76H,10-12,17-24,26-28H2,1-4H3,(H,58,69)(H,60,77)(H,61,71)(H,62,80)(H,63,79)(H,64,81)(H,65,78)(H,66,70)/t35-,36-,37+,38-,39-,40+,41+,45-,46-,47+,48+,49+,50+,56+,57-/m0/s1. The van der Waals surface area contributed by atoms with Crippen LogP contribution >= 0.6 is 0 Å². The molecule has 4 heterocycles. The number of benzene rings is 2. The number of ether oxygens (including phenoxy) is 3.